The fourth-order valence-electron chi connectivity index (χ4n) is 11.4. The Bertz CT molecular complexity index is 1930. The van der Waals surface area contributed by atoms with Crippen LogP contribution in [0.4, 0.5) is 0 Å². The van der Waals surface area contributed by atoms with Crippen LogP contribution >= 0.6 is 0 Å². The van der Waals surface area contributed by atoms with E-state index in [1.807, 2.05) is 0 Å². The molecule has 0 N–H and O–H groups in total. The number of hydrogen-bond donors (Lipinski definition) is 0. The molecule has 5 aliphatic rings. The molecule has 4 aromatic carbocycles. The van der Waals surface area contributed by atoms with Crippen molar-refractivity contribution in [3.63, 3.8) is 0 Å². The van der Waals surface area contributed by atoms with Gasteiger partial charge >= 0.3 is 0 Å². The molecular formula is C60H86. The molecule has 0 amide bonds. The summed E-state index contributed by atoms with van der Waals surface area (Å²) in [6, 6.07) is 36.3. The van der Waals surface area contributed by atoms with Gasteiger partial charge in [-0.2, -0.15) is 0 Å². The number of hydrogen-bond acceptors (Lipinski definition) is 0. The molecule has 9 rings (SSSR count). The van der Waals surface area contributed by atoms with Gasteiger partial charge in [-0.15, -0.1) is 0 Å². The molecule has 2 unspecified atom stereocenters. The van der Waals surface area contributed by atoms with Crippen molar-refractivity contribution in [3.05, 3.63) is 148 Å². The van der Waals surface area contributed by atoms with E-state index in [1.54, 1.807) is 16.7 Å². The second kappa shape index (κ2) is 21.9. The molecule has 0 nitrogen and oxygen atoms in total. The molecule has 3 saturated carbocycles. The Morgan fingerprint density at radius 2 is 0.783 bits per heavy atom. The molecule has 0 radical (unpaired) electrons. The Morgan fingerprint density at radius 3 is 1.27 bits per heavy atom. The summed E-state index contributed by atoms with van der Waals surface area (Å²) in [7, 11) is 0. The molecular weight excluding hydrogens is 721 g/mol. The largest absolute Gasteiger partial charge is 0.0844 e. The van der Waals surface area contributed by atoms with Crippen molar-refractivity contribution in [1.29, 1.82) is 0 Å². The monoisotopic (exact) mass is 807 g/mol. The molecule has 0 aromatic heterocycles. The van der Waals surface area contributed by atoms with Crippen LogP contribution in [0.25, 0.3) is 16.7 Å². The predicted molar refractivity (Wildman–Crippen MR) is 268 cm³/mol. The Kier molecular flexibility index (Phi) is 16.2. The molecule has 4 aromatic rings. The molecule has 0 heteroatoms. The van der Waals surface area contributed by atoms with Gasteiger partial charge in [0.15, 0.2) is 0 Å². The molecule has 0 spiro atoms. The zero-order valence-electron chi connectivity index (χ0n) is 38.7. The number of allylic oxidation sites excluding steroid dienone is 4. The van der Waals surface area contributed by atoms with Crippen LogP contribution in [-0.2, 0) is 0 Å². The van der Waals surface area contributed by atoms with Crippen molar-refractivity contribution in [2.45, 2.75) is 169 Å². The van der Waals surface area contributed by atoms with E-state index in [-0.39, 0.29) is 4.28 Å². The van der Waals surface area contributed by atoms with E-state index in [0.717, 1.165) is 47.3 Å². The van der Waals surface area contributed by atoms with E-state index in [4.69, 9.17) is 0 Å². The highest BCUT2D eigenvalue weighted by atomic mass is 14.3. The minimum Gasteiger partial charge on any atom is -0.0844 e. The van der Waals surface area contributed by atoms with E-state index in [0.29, 0.717) is 0 Å². The van der Waals surface area contributed by atoms with Gasteiger partial charge in [-0.3, -0.25) is 0 Å². The summed E-state index contributed by atoms with van der Waals surface area (Å²) < 4.78 is 0. The fraction of sp³-hybridized carbons (Fsp3) is 0.533. The number of rotatable bonds is 6. The van der Waals surface area contributed by atoms with E-state index >= 15 is 0 Å². The van der Waals surface area contributed by atoms with Crippen LogP contribution in [-0.4, -0.2) is 0 Å². The average molecular weight is 807 g/mol. The SMILES string of the molecule is Cc1ccc(-c2ccc(C3CCC(C)CC3)cc2)cc1.Cc1ccc(C2=CCC(C3CCC(C)CC3)CC2)cc1.Cc1ccc(C2CC=C(C3CCC(C)CC3)CC2)cc1.[HH].[HH].[HH]. The van der Waals surface area contributed by atoms with Gasteiger partial charge in [0.05, 0.1) is 0 Å². The Labute approximate surface area is 372 Å². The lowest BCUT2D eigenvalue weighted by molar-refractivity contribution is 0.202. The third-order valence-electron chi connectivity index (χ3n) is 15.9. The van der Waals surface area contributed by atoms with Crippen LogP contribution < -0.4 is 0 Å². The summed E-state index contributed by atoms with van der Waals surface area (Å²) in [4.78, 5) is 0. The Balaban J connectivity index is 0.000000203. The second-order valence-corrected chi connectivity index (χ2v) is 20.7. The lowest BCUT2D eigenvalue weighted by Crippen LogP contribution is -2.22. The molecule has 0 bridgehead atoms. The van der Waals surface area contributed by atoms with Crippen molar-refractivity contribution < 1.29 is 4.28 Å². The van der Waals surface area contributed by atoms with Gasteiger partial charge in [-0.25, -0.2) is 0 Å². The van der Waals surface area contributed by atoms with Gasteiger partial charge < -0.3 is 0 Å². The van der Waals surface area contributed by atoms with Gasteiger partial charge in [0.25, 0.3) is 0 Å². The van der Waals surface area contributed by atoms with Crippen LogP contribution in [0.3, 0.4) is 0 Å². The van der Waals surface area contributed by atoms with Crippen LogP contribution in [0.15, 0.2) is 115 Å². The maximum absolute atomic E-state index is 2.59. The Hall–Kier alpha value is -3.64. The predicted octanol–water partition coefficient (Wildman–Crippen LogP) is 18.7. The highest BCUT2D eigenvalue weighted by Gasteiger charge is 2.28. The van der Waals surface area contributed by atoms with E-state index in [1.165, 1.54) is 155 Å². The Morgan fingerprint density at radius 1 is 0.350 bits per heavy atom. The average Bonchev–Trinajstić information content (AvgIpc) is 3.29. The lowest BCUT2D eigenvalue weighted by Gasteiger charge is -2.34. The standard InChI is InChI=1S/2C20H28.C20H24.3H2/c3*1-15-3-7-17(8-4-15)19-11-13-20(14-12-19)18-9-5-16(2)6-10-18;;;/h3-4,7-8,13,16,18-19H,5-6,9-12,14H2,1-2H3;3-4,7-8,11,16,18,20H,5-6,9-10,12-14H2,1-2H3;3-4,7-8,11-14,16,18H,5-6,9-10H2,1-2H3;3*1H. The first kappa shape index (κ1) is 44.4. The lowest BCUT2D eigenvalue weighted by atomic mass is 9.71. The second-order valence-electron chi connectivity index (χ2n) is 20.7. The van der Waals surface area contributed by atoms with Gasteiger partial charge in [0, 0.05) is 4.28 Å². The first-order valence-electron chi connectivity index (χ1n) is 24.8. The summed E-state index contributed by atoms with van der Waals surface area (Å²) >= 11 is 0. The maximum Gasteiger partial charge on any atom is 0 e. The third-order valence-corrected chi connectivity index (χ3v) is 15.9. The zero-order valence-corrected chi connectivity index (χ0v) is 38.7. The molecule has 0 heterocycles. The maximum atomic E-state index is 2.59. The van der Waals surface area contributed by atoms with E-state index in [2.05, 4.69) is 151 Å². The summed E-state index contributed by atoms with van der Waals surface area (Å²) in [5.74, 6) is 7.34. The quantitative estimate of drug-likeness (QED) is 0.170. The molecule has 0 aliphatic heterocycles. The smallest absolute Gasteiger partial charge is 0 e. The van der Waals surface area contributed by atoms with Crippen molar-refractivity contribution >= 4 is 5.57 Å². The summed E-state index contributed by atoms with van der Waals surface area (Å²) in [5, 5.41) is 0. The normalized spacial score (nSPS) is 28.2. The highest BCUT2D eigenvalue weighted by molar-refractivity contribution is 5.66. The van der Waals surface area contributed by atoms with Crippen molar-refractivity contribution in [2.75, 3.05) is 0 Å². The number of benzene rings is 4. The molecule has 326 valence electrons. The summed E-state index contributed by atoms with van der Waals surface area (Å²) in [6.07, 6.45) is 30.3. The van der Waals surface area contributed by atoms with Crippen molar-refractivity contribution in [2.24, 2.45) is 35.5 Å². The first-order chi connectivity index (χ1) is 29.2. The first-order valence-corrected chi connectivity index (χ1v) is 24.8. The number of aryl methyl sites for hydroxylation is 3. The van der Waals surface area contributed by atoms with E-state index < -0.39 is 0 Å². The zero-order chi connectivity index (χ0) is 41.8. The molecule has 5 aliphatic carbocycles. The minimum absolute atomic E-state index is 0. The van der Waals surface area contributed by atoms with E-state index in [9.17, 15) is 0 Å². The minimum atomic E-state index is 0. The summed E-state index contributed by atoms with van der Waals surface area (Å²) in [6.45, 7) is 13.7. The third kappa shape index (κ3) is 12.7. The van der Waals surface area contributed by atoms with Gasteiger partial charge in [0.1, 0.15) is 0 Å². The van der Waals surface area contributed by atoms with Crippen LogP contribution in [0, 0.1) is 56.3 Å². The van der Waals surface area contributed by atoms with Crippen LogP contribution in [0.1, 0.15) is 186 Å². The van der Waals surface area contributed by atoms with Gasteiger partial charge in [-0.05, 0) is 179 Å². The fourth-order valence-corrected chi connectivity index (χ4v) is 11.4. The molecule has 60 heavy (non-hydrogen) atoms. The molecule has 3 fully saturated rings. The highest BCUT2D eigenvalue weighted by Crippen LogP contribution is 2.42. The topological polar surface area (TPSA) is 0 Å². The van der Waals surface area contributed by atoms with Crippen LogP contribution in [0.2, 0.25) is 0 Å². The van der Waals surface area contributed by atoms with Crippen molar-refractivity contribution in [3.8, 4) is 11.1 Å². The molecule has 2 atom stereocenters. The van der Waals surface area contributed by atoms with Crippen molar-refractivity contribution in [1.82, 2.24) is 0 Å². The van der Waals surface area contributed by atoms with Gasteiger partial charge in [-0.1, -0.05) is 191 Å². The van der Waals surface area contributed by atoms with Gasteiger partial charge in [0.2, 0.25) is 0 Å². The molecule has 0 saturated heterocycles. The summed E-state index contributed by atoms with van der Waals surface area (Å²) in [5.41, 5.74) is 14.6. The van der Waals surface area contributed by atoms with Crippen LogP contribution in [0.5, 0.6) is 0 Å².